The highest BCUT2D eigenvalue weighted by Crippen LogP contribution is 2.32. The van der Waals surface area contributed by atoms with Gasteiger partial charge in [-0.1, -0.05) is 157 Å². The Morgan fingerprint density at radius 3 is 1.46 bits per heavy atom. The predicted octanol–water partition coefficient (Wildman–Crippen LogP) is 8.16. The summed E-state index contributed by atoms with van der Waals surface area (Å²) in [6.07, 6.45) is -4.43. The van der Waals surface area contributed by atoms with Crippen LogP contribution in [0.4, 0.5) is 0 Å². The number of nitrogens with zero attached hydrogens (tertiary/aromatic N) is 3. The first kappa shape index (κ1) is 40.5. The van der Waals surface area contributed by atoms with Crippen LogP contribution in [0.1, 0.15) is 27.8 Å². The van der Waals surface area contributed by atoms with Gasteiger partial charge in [-0.05, 0) is 33.3 Å². The van der Waals surface area contributed by atoms with Crippen LogP contribution < -0.4 is 0 Å². The zero-order valence-corrected chi connectivity index (χ0v) is 31.1. The Kier molecular flexibility index (Phi) is 16.2. The molecule has 1 heterocycles. The second-order valence-electron chi connectivity index (χ2n) is 13.3. The van der Waals surface area contributed by atoms with Crippen LogP contribution in [-0.2, 0) is 71.0 Å². The molecule has 6 rings (SSSR count). The molecule has 5 aromatic carbocycles. The summed E-state index contributed by atoms with van der Waals surface area (Å²) in [5.41, 5.74) is 14.3. The third-order valence-corrected chi connectivity index (χ3v) is 9.27. The monoisotopic (exact) mass is 757 g/mol. The van der Waals surface area contributed by atoms with Crippen LogP contribution in [-0.4, -0.2) is 62.4 Å². The molecule has 0 unspecified atom stereocenters. The normalized spacial score (nSPS) is 20.4. The summed E-state index contributed by atoms with van der Waals surface area (Å²) in [7, 11) is 0. The van der Waals surface area contributed by atoms with Gasteiger partial charge in [0.25, 0.3) is 0 Å². The molecule has 5 aromatic rings. The maximum atomic E-state index is 12.3. The number of benzene rings is 5. The minimum Gasteiger partial charge on any atom is -0.374 e. The molecule has 11 nitrogen and oxygen atoms in total. The van der Waals surface area contributed by atoms with Crippen molar-refractivity contribution in [2.45, 2.75) is 75.9 Å². The molecule has 56 heavy (non-hydrogen) atoms. The molecule has 7 atom stereocenters. The van der Waals surface area contributed by atoms with E-state index in [1.54, 1.807) is 0 Å². The summed E-state index contributed by atoms with van der Waals surface area (Å²) in [6, 6.07) is 47.8. The summed E-state index contributed by atoms with van der Waals surface area (Å²) < 4.78 is 45.6. The van der Waals surface area contributed by atoms with Crippen molar-refractivity contribution in [3.05, 3.63) is 190 Å². The number of hydrogen-bond donors (Lipinski definition) is 0. The molecule has 1 aliphatic heterocycles. The van der Waals surface area contributed by atoms with E-state index in [0.717, 1.165) is 27.8 Å². The van der Waals surface area contributed by atoms with Crippen molar-refractivity contribution in [2.75, 3.05) is 13.2 Å². The van der Waals surface area contributed by atoms with Crippen LogP contribution >= 0.6 is 0 Å². The van der Waals surface area contributed by atoms with E-state index in [1.807, 2.05) is 152 Å². The fourth-order valence-corrected chi connectivity index (χ4v) is 6.34. The fourth-order valence-electron chi connectivity index (χ4n) is 6.34. The lowest BCUT2D eigenvalue weighted by molar-refractivity contribution is -0.329. The molecule has 0 amide bonds. The molecule has 1 fully saturated rings. The van der Waals surface area contributed by atoms with Crippen molar-refractivity contribution < 1.29 is 38.0 Å². The highest BCUT2D eigenvalue weighted by atomic mass is 16.7. The maximum absolute atomic E-state index is 12.3. The van der Waals surface area contributed by atoms with E-state index in [4.69, 9.17) is 33.2 Å². The van der Waals surface area contributed by atoms with Crippen LogP contribution in [0.25, 0.3) is 10.4 Å². The van der Waals surface area contributed by atoms with E-state index < -0.39 is 42.9 Å². The zero-order valence-electron chi connectivity index (χ0n) is 31.1. The van der Waals surface area contributed by atoms with E-state index in [9.17, 15) is 10.3 Å². The van der Waals surface area contributed by atoms with Gasteiger partial charge in [0.2, 0.25) is 0 Å². The molecule has 0 spiro atoms. The van der Waals surface area contributed by atoms with Gasteiger partial charge in [0.05, 0.1) is 52.3 Å². The third kappa shape index (κ3) is 12.4. The quantitative estimate of drug-likeness (QED) is 0.0299. The number of carbonyl (C=O) groups excluding carboxylic acids is 1. The van der Waals surface area contributed by atoms with Crippen molar-refractivity contribution in [1.29, 1.82) is 0 Å². The standard InChI is InChI=1S/C45H47N3O8/c46-48-47-39(40(26-49)51-28-35-18-8-2-9-19-35)32-55-45-44(54-31-38-24-14-5-15-25-38)43(53-30-37-22-12-4-13-23-37)42(52-29-36-20-10-3-11-21-36)41(56-45)33-50-27-34-16-6-1-7-17-34/h1-26,39-45H,27-33H2/t39-,40+,41+,42-,43-,44+,45+/m0/s1. The molecule has 0 radical (unpaired) electrons. The number of hydrogen-bond acceptors (Lipinski definition) is 9. The molecule has 0 saturated carbocycles. The summed E-state index contributed by atoms with van der Waals surface area (Å²) in [5, 5.41) is 3.91. The number of carbonyl (C=O) groups is 1. The lowest BCUT2D eigenvalue weighted by atomic mass is 9.97. The number of aldehydes is 1. The first-order chi connectivity index (χ1) is 27.7. The summed E-state index contributed by atoms with van der Waals surface area (Å²) in [4.78, 5) is 15.4. The van der Waals surface area contributed by atoms with Gasteiger partial charge in [-0.15, -0.1) is 0 Å². The van der Waals surface area contributed by atoms with Crippen molar-refractivity contribution >= 4 is 6.29 Å². The van der Waals surface area contributed by atoms with Gasteiger partial charge in [0.15, 0.2) is 6.29 Å². The Morgan fingerprint density at radius 1 is 0.571 bits per heavy atom. The highest BCUT2D eigenvalue weighted by Gasteiger charge is 2.49. The first-order valence-electron chi connectivity index (χ1n) is 18.7. The summed E-state index contributed by atoms with van der Waals surface area (Å²) in [5.74, 6) is 0. The van der Waals surface area contributed by atoms with E-state index >= 15 is 0 Å². The van der Waals surface area contributed by atoms with Gasteiger partial charge in [-0.2, -0.15) is 0 Å². The lowest BCUT2D eigenvalue weighted by Gasteiger charge is -2.46. The Bertz CT molecular complexity index is 1890. The topological polar surface area (TPSA) is 130 Å². The average molecular weight is 758 g/mol. The van der Waals surface area contributed by atoms with Gasteiger partial charge in [0, 0.05) is 4.91 Å². The first-order valence-corrected chi connectivity index (χ1v) is 18.7. The maximum Gasteiger partial charge on any atom is 0.186 e. The summed E-state index contributed by atoms with van der Waals surface area (Å²) in [6.45, 7) is 1.18. The van der Waals surface area contributed by atoms with Crippen molar-refractivity contribution in [3.8, 4) is 0 Å². The molecule has 0 bridgehead atoms. The lowest BCUT2D eigenvalue weighted by Crippen LogP contribution is -2.62. The van der Waals surface area contributed by atoms with Gasteiger partial charge >= 0.3 is 0 Å². The SMILES string of the molecule is [N-]=[N+]=N[C@@H](CO[C@@H]1O[C@H](COCc2ccccc2)[C@H](OCc2ccccc2)[C@H](OCc2ccccc2)[C@H]1OCc1ccccc1)[C@@H](C=O)OCc1ccccc1. The third-order valence-electron chi connectivity index (χ3n) is 9.27. The van der Waals surface area contributed by atoms with Gasteiger partial charge in [0.1, 0.15) is 36.8 Å². The van der Waals surface area contributed by atoms with Crippen LogP contribution in [0.2, 0.25) is 0 Å². The largest absolute Gasteiger partial charge is 0.374 e. The molecular weight excluding hydrogens is 711 g/mol. The average Bonchev–Trinajstić information content (AvgIpc) is 3.25. The zero-order chi connectivity index (χ0) is 38.6. The Hall–Kier alpha value is -5.20. The minimum atomic E-state index is -1.09. The van der Waals surface area contributed by atoms with E-state index in [1.165, 1.54) is 0 Å². The number of azide groups is 1. The predicted molar refractivity (Wildman–Crippen MR) is 210 cm³/mol. The van der Waals surface area contributed by atoms with E-state index in [2.05, 4.69) is 10.0 Å². The molecule has 1 saturated heterocycles. The number of ether oxygens (including phenoxy) is 7. The summed E-state index contributed by atoms with van der Waals surface area (Å²) >= 11 is 0. The van der Waals surface area contributed by atoms with Crippen molar-refractivity contribution in [2.24, 2.45) is 5.11 Å². The second-order valence-corrected chi connectivity index (χ2v) is 13.3. The smallest absolute Gasteiger partial charge is 0.186 e. The number of rotatable bonds is 22. The van der Waals surface area contributed by atoms with E-state index in [-0.39, 0.29) is 39.6 Å². The molecule has 0 N–H and O–H groups in total. The molecule has 1 aliphatic rings. The highest BCUT2D eigenvalue weighted by molar-refractivity contribution is 5.57. The van der Waals surface area contributed by atoms with Gasteiger partial charge < -0.3 is 38.0 Å². The van der Waals surface area contributed by atoms with Crippen molar-refractivity contribution in [3.63, 3.8) is 0 Å². The molecule has 11 heteroatoms. The second kappa shape index (κ2) is 22.4. The van der Waals surface area contributed by atoms with Gasteiger partial charge in [-0.3, -0.25) is 0 Å². The Balaban J connectivity index is 1.29. The van der Waals surface area contributed by atoms with Gasteiger partial charge in [-0.25, -0.2) is 0 Å². The van der Waals surface area contributed by atoms with E-state index in [0.29, 0.717) is 12.9 Å². The van der Waals surface area contributed by atoms with Crippen LogP contribution in [0.3, 0.4) is 0 Å². The van der Waals surface area contributed by atoms with Crippen LogP contribution in [0.5, 0.6) is 0 Å². The minimum absolute atomic E-state index is 0.140. The molecule has 290 valence electrons. The Morgan fingerprint density at radius 2 is 1.00 bits per heavy atom. The molecular formula is C45H47N3O8. The molecule has 0 aliphatic carbocycles. The fraction of sp³-hybridized carbons (Fsp3) is 0.311. The van der Waals surface area contributed by atoms with Crippen LogP contribution in [0, 0.1) is 0 Å². The molecule has 0 aromatic heterocycles. The van der Waals surface area contributed by atoms with Crippen LogP contribution in [0.15, 0.2) is 157 Å². The Labute approximate surface area is 327 Å². The van der Waals surface area contributed by atoms with Crippen molar-refractivity contribution in [1.82, 2.24) is 0 Å².